The van der Waals surface area contributed by atoms with E-state index in [0.29, 0.717) is 0 Å². The van der Waals surface area contributed by atoms with Gasteiger partial charge in [0.1, 0.15) is 46.4 Å². The molecule has 0 N–H and O–H groups in total. The highest BCUT2D eigenvalue weighted by atomic mass is 79.9. The Hall–Kier alpha value is -3.34. The first kappa shape index (κ1) is 33.0. The largest absolute Gasteiger partial charge is 1.00 e. The Kier molecular flexibility index (Phi) is 12.0. The molecule has 0 spiro atoms. The Labute approximate surface area is 282 Å². The predicted molar refractivity (Wildman–Crippen MR) is 198 cm³/mol. The van der Waals surface area contributed by atoms with Crippen molar-refractivity contribution in [1.29, 1.82) is 0 Å². The van der Waals surface area contributed by atoms with Crippen molar-refractivity contribution in [3.8, 4) is 0 Å². The second kappa shape index (κ2) is 16.3. The quantitative estimate of drug-likeness (QED) is 0.111. The third-order valence-corrected chi connectivity index (χ3v) is 18.0. The molecule has 3 heteroatoms. The van der Waals surface area contributed by atoms with Crippen LogP contribution in [0.5, 0.6) is 0 Å². The Bertz CT molecular complexity index is 1350. The Morgan fingerprint density at radius 2 is 0.422 bits per heavy atom. The van der Waals surface area contributed by atoms with E-state index in [9.17, 15) is 0 Å². The highest BCUT2D eigenvalue weighted by Crippen LogP contribution is 2.57. The number of halogens is 1. The van der Waals surface area contributed by atoms with E-state index >= 15 is 0 Å². The fourth-order valence-electron chi connectivity index (χ4n) is 6.82. The summed E-state index contributed by atoms with van der Waals surface area (Å²) in [5.41, 5.74) is 0. The van der Waals surface area contributed by atoms with Crippen LogP contribution in [-0.2, 0) is 0 Å². The molecule has 0 radical (unpaired) electrons. The van der Waals surface area contributed by atoms with E-state index in [4.69, 9.17) is 0 Å². The summed E-state index contributed by atoms with van der Waals surface area (Å²) in [4.78, 5) is 0. The molecule has 0 aliphatic rings. The van der Waals surface area contributed by atoms with E-state index in [1.807, 2.05) is 0 Å². The van der Waals surface area contributed by atoms with Gasteiger partial charge in [-0.1, -0.05) is 109 Å². The third kappa shape index (κ3) is 7.23. The molecule has 6 aromatic carbocycles. The lowest BCUT2D eigenvalue weighted by Gasteiger charge is -2.28. The lowest BCUT2D eigenvalue weighted by molar-refractivity contribution is -0.00000847. The van der Waals surface area contributed by atoms with Gasteiger partial charge in [-0.15, -0.1) is 0 Å². The predicted octanol–water partition coefficient (Wildman–Crippen LogP) is 5.54. The average Bonchev–Trinajstić information content (AvgIpc) is 3.12. The Morgan fingerprint density at radius 3 is 0.600 bits per heavy atom. The van der Waals surface area contributed by atoms with E-state index in [0.717, 1.165) is 0 Å². The van der Waals surface area contributed by atoms with Gasteiger partial charge in [-0.05, 0) is 98.5 Å². The van der Waals surface area contributed by atoms with E-state index in [-0.39, 0.29) is 17.0 Å². The van der Waals surface area contributed by atoms with E-state index < -0.39 is 14.5 Å². The highest BCUT2D eigenvalue weighted by Gasteiger charge is 2.46. The van der Waals surface area contributed by atoms with E-state index in [1.54, 1.807) is 0 Å². The normalized spacial score (nSPS) is 11.5. The molecule has 6 rings (SSSR count). The van der Waals surface area contributed by atoms with Gasteiger partial charge in [0.15, 0.2) is 0 Å². The zero-order valence-electron chi connectivity index (χ0n) is 25.8. The number of hydrogen-bond donors (Lipinski definition) is 0. The molecule has 0 aliphatic carbocycles. The van der Waals surface area contributed by atoms with Crippen LogP contribution < -0.4 is 48.8 Å². The molecular weight excluding hydrogens is 646 g/mol. The molecule has 0 aliphatic heterocycles. The number of hydrogen-bond acceptors (Lipinski definition) is 0. The van der Waals surface area contributed by atoms with Crippen LogP contribution in [0.3, 0.4) is 0 Å². The van der Waals surface area contributed by atoms with Gasteiger partial charge in [0.25, 0.3) is 0 Å². The lowest BCUT2D eigenvalue weighted by atomic mass is 10.2. The van der Waals surface area contributed by atoms with E-state index in [1.165, 1.54) is 69.8 Å². The van der Waals surface area contributed by atoms with Crippen LogP contribution in [0.4, 0.5) is 0 Å². The standard InChI is InChI=1S/C42H42P2.BrH/c1(21-35-43(37-23-9-3-10-24-37,38-25-11-4-12-26-38)39-27-13-5-14-28-39)2-22-36-44(40-29-15-6-16-30-40,41-31-17-7-18-32-41)42-33-19-8-20-34-42;/h3-20,23-34H,1-2,21-22,35-36H2;1H/q+2;/p-1. The summed E-state index contributed by atoms with van der Waals surface area (Å²) in [6.07, 6.45) is 7.32. The minimum Gasteiger partial charge on any atom is -1.00 e. The molecule has 226 valence electrons. The van der Waals surface area contributed by atoms with Gasteiger partial charge in [-0.2, -0.15) is 0 Å². The van der Waals surface area contributed by atoms with Gasteiger partial charge in [0.05, 0.1) is 12.3 Å². The molecule has 0 atom stereocenters. The zero-order chi connectivity index (χ0) is 29.9. The van der Waals surface area contributed by atoms with Gasteiger partial charge >= 0.3 is 0 Å². The molecule has 0 nitrogen and oxygen atoms in total. The fourth-order valence-corrected chi connectivity index (χ4v) is 15.6. The van der Waals surface area contributed by atoms with Gasteiger partial charge in [-0.25, -0.2) is 0 Å². The molecule has 0 amide bonds. The minimum atomic E-state index is -1.77. The average molecular weight is 689 g/mol. The Morgan fingerprint density at radius 1 is 0.244 bits per heavy atom. The number of rotatable bonds is 13. The van der Waals surface area contributed by atoms with Crippen molar-refractivity contribution in [3.63, 3.8) is 0 Å². The van der Waals surface area contributed by atoms with Crippen LogP contribution in [0.1, 0.15) is 25.7 Å². The number of benzene rings is 6. The van der Waals surface area contributed by atoms with Crippen molar-refractivity contribution in [1.82, 2.24) is 0 Å². The van der Waals surface area contributed by atoms with Crippen molar-refractivity contribution in [2.24, 2.45) is 0 Å². The molecule has 0 saturated carbocycles. The first-order chi connectivity index (χ1) is 21.8. The highest BCUT2D eigenvalue weighted by molar-refractivity contribution is 7.96. The third-order valence-electron chi connectivity index (χ3n) is 8.92. The molecule has 45 heavy (non-hydrogen) atoms. The summed E-state index contributed by atoms with van der Waals surface area (Å²) in [6.45, 7) is 0. The van der Waals surface area contributed by atoms with Crippen LogP contribution in [0, 0.1) is 0 Å². The van der Waals surface area contributed by atoms with Crippen molar-refractivity contribution in [2.45, 2.75) is 25.7 Å². The van der Waals surface area contributed by atoms with Gasteiger partial charge < -0.3 is 17.0 Å². The maximum atomic E-state index is 2.37. The zero-order valence-corrected chi connectivity index (χ0v) is 29.2. The summed E-state index contributed by atoms with van der Waals surface area (Å²) in [6, 6.07) is 67.9. The van der Waals surface area contributed by atoms with Crippen LogP contribution in [-0.4, -0.2) is 12.3 Å². The number of unbranched alkanes of at least 4 members (excludes halogenated alkanes) is 3. The second-order valence-electron chi connectivity index (χ2n) is 11.5. The second-order valence-corrected chi connectivity index (χ2v) is 18.7. The molecular formula is C42H42BrP2+. The fraction of sp³-hybridized carbons (Fsp3) is 0.143. The molecule has 0 saturated heterocycles. The monoisotopic (exact) mass is 687 g/mol. The van der Waals surface area contributed by atoms with E-state index in [2.05, 4.69) is 182 Å². The first-order valence-electron chi connectivity index (χ1n) is 15.9. The molecule has 0 bridgehead atoms. The van der Waals surface area contributed by atoms with Crippen molar-refractivity contribution in [2.75, 3.05) is 12.3 Å². The molecule has 6 aromatic rings. The maximum absolute atomic E-state index is 2.37. The summed E-state index contributed by atoms with van der Waals surface area (Å²) in [7, 11) is -3.54. The summed E-state index contributed by atoms with van der Waals surface area (Å²) < 4.78 is 0. The molecule has 0 heterocycles. The summed E-state index contributed by atoms with van der Waals surface area (Å²) in [5.74, 6) is 0. The van der Waals surface area contributed by atoms with Gasteiger partial charge in [-0.3, -0.25) is 0 Å². The summed E-state index contributed by atoms with van der Waals surface area (Å²) in [5, 5.41) is 8.91. The van der Waals surface area contributed by atoms with Crippen LogP contribution >= 0.6 is 14.5 Å². The Balaban J connectivity index is 0.00000400. The van der Waals surface area contributed by atoms with Gasteiger partial charge in [0, 0.05) is 0 Å². The van der Waals surface area contributed by atoms with Gasteiger partial charge in [0.2, 0.25) is 0 Å². The lowest BCUT2D eigenvalue weighted by Crippen LogP contribution is -3.00. The van der Waals surface area contributed by atoms with Crippen molar-refractivity contribution < 1.29 is 17.0 Å². The topological polar surface area (TPSA) is 0 Å². The SMILES string of the molecule is [Br-].c1ccc([P+](CCCCCC[P+](c2ccccc2)(c2ccccc2)c2ccccc2)(c2ccccc2)c2ccccc2)cc1. The van der Waals surface area contributed by atoms with Crippen LogP contribution in [0.2, 0.25) is 0 Å². The molecule has 0 fully saturated rings. The molecule has 0 unspecified atom stereocenters. The first-order valence-corrected chi connectivity index (χ1v) is 19.9. The minimum absolute atomic E-state index is 0. The molecule has 0 aromatic heterocycles. The van der Waals surface area contributed by atoms with Crippen LogP contribution in [0.25, 0.3) is 0 Å². The van der Waals surface area contributed by atoms with Crippen molar-refractivity contribution >= 4 is 46.4 Å². The maximum Gasteiger partial charge on any atom is 0.112 e. The van der Waals surface area contributed by atoms with Crippen molar-refractivity contribution in [3.05, 3.63) is 182 Å². The van der Waals surface area contributed by atoms with Crippen LogP contribution in [0.15, 0.2) is 182 Å². The smallest absolute Gasteiger partial charge is 0.112 e. The summed E-state index contributed by atoms with van der Waals surface area (Å²) >= 11 is 0.